The molecule has 0 atom stereocenters. The van der Waals surface area contributed by atoms with Gasteiger partial charge in [-0.15, -0.1) is 0 Å². The summed E-state index contributed by atoms with van der Waals surface area (Å²) in [4.78, 5) is 0. The Morgan fingerprint density at radius 1 is 0.179 bits per heavy atom. The Hall–Kier alpha value is 2.04. The Kier molecular flexibility index (Phi) is 1300. The summed E-state index contributed by atoms with van der Waals surface area (Å²) in [5.41, 5.74) is 75.2. The second-order valence-electron chi connectivity index (χ2n) is 3.00. The minimum absolute atomic E-state index is 0. The zero-order chi connectivity index (χ0) is 20.5. The predicted octanol–water partition coefficient (Wildman–Crippen LogP) is -17.2. The van der Waals surface area contributed by atoms with E-state index in [2.05, 4.69) is 0 Å². The largest absolute Gasteiger partial charge is 3.00 e. The molecule has 0 bridgehead atoms. The molecule has 0 spiro atoms. The summed E-state index contributed by atoms with van der Waals surface area (Å²) < 4.78 is 0. The molecule has 0 aliphatic carbocycles. The van der Waals surface area contributed by atoms with Gasteiger partial charge in [-0.1, -0.05) is 0 Å². The monoisotopic (exact) mass is 788 g/mol. The van der Waals surface area contributed by atoms with Gasteiger partial charge in [-0.25, -0.2) is 0 Å². The maximum atomic E-state index is 6.26. The molecule has 26 N–H and O–H groups in total. The van der Waals surface area contributed by atoms with Crippen LogP contribution in [0, 0.1) is 0 Å². The Morgan fingerprint density at radius 3 is 0.205 bits per heavy atom. The van der Waals surface area contributed by atoms with Crippen LogP contribution >= 0.6 is 0 Å². The minimum Gasteiger partial charge on any atom is -1.00 e. The fourth-order valence-electron chi connectivity index (χ4n) is 0. The number of nitrogens with one attached hydrogen (secondary N) is 12. The van der Waals surface area contributed by atoms with Crippen LogP contribution in [-0.4, -0.2) is 117 Å². The maximum Gasteiger partial charge on any atom is 3.00 e. The van der Waals surface area contributed by atoms with Crippen LogP contribution in [0.2, 0.25) is 0 Å². The normalized spacial score (nSPS) is 4.62. The zero-order valence-corrected chi connectivity index (χ0v) is 28.2. The molecule has 27 heteroatoms. The van der Waals surface area contributed by atoms with Gasteiger partial charge in [0.15, 0.2) is 0 Å². The topological polar surface area (TPSA) is 506 Å². The van der Waals surface area contributed by atoms with Gasteiger partial charge in [0.25, 0.3) is 0 Å². The van der Waals surface area contributed by atoms with E-state index in [9.17, 15) is 0 Å². The van der Waals surface area contributed by atoms with E-state index in [0.29, 0.717) is 0 Å². The van der Waals surface area contributed by atoms with Crippen molar-refractivity contribution in [3.63, 3.8) is 0 Å². The van der Waals surface area contributed by atoms with Gasteiger partial charge >= 0.3 is 34.7 Å². The third kappa shape index (κ3) is 896. The Labute approximate surface area is 293 Å². The second kappa shape index (κ2) is 309. The van der Waals surface area contributed by atoms with Crippen molar-refractivity contribution in [1.29, 1.82) is 0 Å². The Balaban J connectivity index is -0.00000000487. The first-order chi connectivity index (χ1) is 11.5. The summed E-state index contributed by atoms with van der Waals surface area (Å²) in [5, 5.41) is 0. The first kappa shape index (κ1) is 164. The van der Waals surface area contributed by atoms with Crippen LogP contribution in [0.5, 0.6) is 0 Å². The Morgan fingerprint density at radius 2 is 0.205 bits per heavy atom. The summed E-state index contributed by atoms with van der Waals surface area (Å²) >= 11 is 0. The molecular weight excluding hydrogens is 741 g/mol. The molecule has 266 valence electrons. The maximum absolute atomic E-state index is 6.26. The summed E-state index contributed by atoms with van der Waals surface area (Å²) in [6, 6.07) is 0. The number of halogens is 6. The van der Waals surface area contributed by atoms with Gasteiger partial charge in [-0.05, 0) is 0 Å². The van der Waals surface area contributed by atoms with Crippen molar-refractivity contribution in [2.24, 2.45) is 0 Å². The summed E-state index contributed by atoms with van der Waals surface area (Å²) in [6.45, 7) is 2.83. The minimum atomic E-state index is 0. The molecule has 0 unspecified atom stereocenters. The van der Waals surface area contributed by atoms with Gasteiger partial charge in [0, 0.05) is 0 Å². The summed E-state index contributed by atoms with van der Waals surface area (Å²) in [5.74, 6) is 0. The standard InChI is InChI=1S/6C2H6N2.6ClH.2Cr.7H2O/c6*3-1-2-4;;;;;;;;;;;;;;;/h6*3-4H,1-2H2;6*1H;;;7*1H2/q6*-2;;;;;;;2*+3;;;;;;;/p-6. The third-order valence-electron chi connectivity index (χ3n) is 0.750. The van der Waals surface area contributed by atoms with Crippen molar-refractivity contribution < 1.29 is 147 Å². The van der Waals surface area contributed by atoms with Gasteiger partial charge in [0.1, 0.15) is 0 Å². The van der Waals surface area contributed by atoms with Gasteiger partial charge in [0.05, 0.1) is 0 Å². The quantitative estimate of drug-likeness (QED) is 0.242. The van der Waals surface area contributed by atoms with Crippen molar-refractivity contribution >= 4 is 0 Å². The molecule has 0 aromatic heterocycles. The fraction of sp³-hybridized carbons (Fsp3) is 1.00. The molecular formula is C12H50Cl6Cr2N12O7-12. The molecule has 0 saturated carbocycles. The molecule has 0 aromatic carbocycles. The first-order valence-electron chi connectivity index (χ1n) is 7.24. The molecule has 0 rings (SSSR count). The zero-order valence-electron chi connectivity index (χ0n) is 21.1. The fourth-order valence-corrected chi connectivity index (χ4v) is 0. The smallest absolute Gasteiger partial charge is 1.00 e. The third-order valence-corrected chi connectivity index (χ3v) is 0.750. The van der Waals surface area contributed by atoms with Crippen molar-refractivity contribution in [2.45, 2.75) is 0 Å². The molecule has 2 radical (unpaired) electrons. The van der Waals surface area contributed by atoms with Crippen LogP contribution in [0.25, 0.3) is 68.8 Å². The second-order valence-corrected chi connectivity index (χ2v) is 3.00. The molecule has 0 aliphatic rings. The SMILES string of the molecule is O.O.O.O.O.O.O.[Cl-].[Cl-].[Cl-].[Cl-].[Cl-].[Cl-].[Cr+3].[Cr+3].[NH-]CC[NH-].[NH-]CC[NH-].[NH-]CC[NH-].[NH-]CC[NH-].[NH-]CC[NH-].[NH-]CC[NH-]. The van der Waals surface area contributed by atoms with E-state index in [1.807, 2.05) is 0 Å². The number of hydrogen-bond acceptors (Lipinski definition) is 0. The van der Waals surface area contributed by atoms with Crippen molar-refractivity contribution in [3.8, 4) is 0 Å². The molecule has 0 aromatic rings. The van der Waals surface area contributed by atoms with Crippen molar-refractivity contribution in [1.82, 2.24) is 0 Å². The average Bonchev–Trinajstić information content (AvgIpc) is 2.68. The molecule has 0 amide bonds. The Bertz CT molecular complexity index is 126. The van der Waals surface area contributed by atoms with Gasteiger partial charge in [0.2, 0.25) is 0 Å². The van der Waals surface area contributed by atoms with Gasteiger partial charge in [-0.3, -0.25) is 0 Å². The summed E-state index contributed by atoms with van der Waals surface area (Å²) in [6.07, 6.45) is 0. The van der Waals surface area contributed by atoms with Crippen LogP contribution in [0.4, 0.5) is 0 Å². The molecule has 19 nitrogen and oxygen atoms in total. The molecule has 0 heterocycles. The van der Waals surface area contributed by atoms with Crippen molar-refractivity contribution in [3.05, 3.63) is 68.8 Å². The predicted molar refractivity (Wildman–Crippen MR) is 136 cm³/mol. The van der Waals surface area contributed by atoms with E-state index < -0.39 is 0 Å². The number of rotatable bonds is 6. The first-order valence-corrected chi connectivity index (χ1v) is 7.24. The molecule has 39 heavy (non-hydrogen) atoms. The van der Waals surface area contributed by atoms with E-state index in [1.165, 1.54) is 0 Å². The van der Waals surface area contributed by atoms with E-state index in [4.69, 9.17) is 68.8 Å². The van der Waals surface area contributed by atoms with E-state index in [0.717, 1.165) is 0 Å². The van der Waals surface area contributed by atoms with Crippen molar-refractivity contribution in [2.75, 3.05) is 78.5 Å². The number of hydrogen-bond donors (Lipinski definition) is 0. The average molecular weight is 791 g/mol. The molecule has 0 saturated heterocycles. The van der Waals surface area contributed by atoms with Crippen LogP contribution in [0.3, 0.4) is 0 Å². The van der Waals surface area contributed by atoms with E-state index >= 15 is 0 Å². The van der Waals surface area contributed by atoms with Crippen LogP contribution in [-0.2, 0) is 34.7 Å². The van der Waals surface area contributed by atoms with Crippen LogP contribution < -0.4 is 74.4 Å². The molecule has 0 aliphatic heterocycles. The van der Waals surface area contributed by atoms with E-state index in [-0.39, 0.29) is 226 Å². The summed E-state index contributed by atoms with van der Waals surface area (Å²) in [7, 11) is 0. The van der Waals surface area contributed by atoms with Crippen LogP contribution in [0.15, 0.2) is 0 Å². The van der Waals surface area contributed by atoms with E-state index in [1.54, 1.807) is 0 Å². The van der Waals surface area contributed by atoms with Crippen LogP contribution in [0.1, 0.15) is 0 Å². The molecule has 0 fully saturated rings. The van der Waals surface area contributed by atoms with Gasteiger partial charge in [-0.2, -0.15) is 78.5 Å². The van der Waals surface area contributed by atoms with Gasteiger partial charge < -0.3 is 182 Å².